The van der Waals surface area contributed by atoms with Crippen LogP contribution in [0.25, 0.3) is 0 Å². The van der Waals surface area contributed by atoms with Gasteiger partial charge < -0.3 is 0 Å². The van der Waals surface area contributed by atoms with Crippen LogP contribution in [0, 0.1) is 0 Å². The van der Waals surface area contributed by atoms with E-state index in [2.05, 4.69) is 27.7 Å². The van der Waals surface area contributed by atoms with Crippen molar-refractivity contribution in [2.45, 2.75) is 92.4 Å². The van der Waals surface area contributed by atoms with Gasteiger partial charge in [0.1, 0.15) is 0 Å². The molecule has 0 bridgehead atoms. The molecule has 0 aliphatic carbocycles. The van der Waals surface area contributed by atoms with Crippen LogP contribution < -0.4 is 0 Å². The molecule has 1 nitrogen and oxygen atoms in total. The summed E-state index contributed by atoms with van der Waals surface area (Å²) < 4.78 is 10.9. The number of hydrogen-bond acceptors (Lipinski definition) is 1. The van der Waals surface area contributed by atoms with Crippen LogP contribution in [-0.4, -0.2) is 25.4 Å². The fourth-order valence-electron chi connectivity index (χ4n) is 2.54. The van der Waals surface area contributed by atoms with Gasteiger partial charge in [-0.3, -0.25) is 0 Å². The zero-order valence-corrected chi connectivity index (χ0v) is 16.2. The Labute approximate surface area is 120 Å². The van der Waals surface area contributed by atoms with Crippen molar-refractivity contribution in [3.05, 3.63) is 0 Å². The Balaban J connectivity index is 4.07. The Bertz CT molecular complexity index is 162. The van der Waals surface area contributed by atoms with Gasteiger partial charge in [-0.25, -0.2) is 0 Å². The van der Waals surface area contributed by atoms with Crippen LogP contribution in [-0.2, 0) is 3.07 Å². The molecule has 0 spiro atoms. The van der Waals surface area contributed by atoms with Gasteiger partial charge in [0.15, 0.2) is 0 Å². The Morgan fingerprint density at radius 2 is 1.22 bits per heavy atom. The minimum atomic E-state index is -2.17. The minimum absolute atomic E-state index is 1.07. The van der Waals surface area contributed by atoms with E-state index in [1.165, 1.54) is 64.7 Å². The van der Waals surface area contributed by atoms with Crippen molar-refractivity contribution in [2.24, 2.45) is 0 Å². The van der Waals surface area contributed by atoms with Crippen LogP contribution in [0.5, 0.6) is 0 Å². The van der Waals surface area contributed by atoms with Crippen LogP contribution in [0.15, 0.2) is 0 Å². The topological polar surface area (TPSA) is 9.23 Å². The molecule has 0 fully saturated rings. The Kier molecular flexibility index (Phi) is 13.3. The van der Waals surface area contributed by atoms with Crippen molar-refractivity contribution in [1.29, 1.82) is 0 Å². The van der Waals surface area contributed by atoms with Gasteiger partial charge >= 0.3 is 121 Å². The van der Waals surface area contributed by atoms with Crippen LogP contribution in [0.2, 0.25) is 13.3 Å². The van der Waals surface area contributed by atoms with E-state index in [0.717, 1.165) is 6.61 Å². The molecule has 0 aromatic rings. The van der Waals surface area contributed by atoms with E-state index in [1.807, 2.05) is 0 Å². The molecular formula is C16H36OSn. The summed E-state index contributed by atoms with van der Waals surface area (Å²) >= 11 is -2.17. The predicted octanol–water partition coefficient (Wildman–Crippen LogP) is 6.15. The molecule has 0 radical (unpaired) electrons. The Hall–Kier alpha value is 0.759. The van der Waals surface area contributed by atoms with Crippen molar-refractivity contribution in [3.63, 3.8) is 0 Å². The first kappa shape index (κ1) is 18.8. The van der Waals surface area contributed by atoms with Crippen LogP contribution in [0.1, 0.15) is 79.1 Å². The fraction of sp³-hybridized carbons (Fsp3) is 1.00. The second-order valence-corrected chi connectivity index (χ2v) is 18.1. The second-order valence-electron chi connectivity index (χ2n) is 5.65. The number of hydrogen-bond donors (Lipinski definition) is 0. The average molecular weight is 363 g/mol. The molecule has 2 heteroatoms. The second kappa shape index (κ2) is 12.8. The fourth-order valence-corrected chi connectivity index (χ4v) is 14.0. The maximum atomic E-state index is 6.54. The summed E-state index contributed by atoms with van der Waals surface area (Å²) in [5, 5.41) is 0. The van der Waals surface area contributed by atoms with Crippen molar-refractivity contribution in [2.75, 3.05) is 6.61 Å². The Morgan fingerprint density at radius 3 is 1.67 bits per heavy atom. The summed E-state index contributed by atoms with van der Waals surface area (Å²) in [5.41, 5.74) is 0. The molecule has 0 N–H and O–H groups in total. The molecule has 0 unspecified atom stereocenters. The van der Waals surface area contributed by atoms with Gasteiger partial charge in [0.2, 0.25) is 0 Å². The van der Waals surface area contributed by atoms with Gasteiger partial charge in [-0.2, -0.15) is 0 Å². The van der Waals surface area contributed by atoms with Gasteiger partial charge in [0.05, 0.1) is 0 Å². The summed E-state index contributed by atoms with van der Waals surface area (Å²) in [6, 6.07) is 0. The first-order chi connectivity index (χ1) is 8.74. The van der Waals surface area contributed by atoms with Gasteiger partial charge in [-0.05, 0) is 0 Å². The Morgan fingerprint density at radius 1 is 0.667 bits per heavy atom. The zero-order valence-electron chi connectivity index (χ0n) is 13.4. The number of rotatable bonds is 13. The van der Waals surface area contributed by atoms with E-state index in [9.17, 15) is 0 Å². The van der Waals surface area contributed by atoms with Gasteiger partial charge in [-0.1, -0.05) is 0 Å². The molecule has 0 amide bonds. The zero-order chi connectivity index (χ0) is 13.7. The van der Waals surface area contributed by atoms with Gasteiger partial charge in [-0.15, -0.1) is 0 Å². The molecule has 0 aromatic heterocycles. The molecule has 110 valence electrons. The molecule has 0 atom stereocenters. The molecule has 0 saturated carbocycles. The van der Waals surface area contributed by atoms with Gasteiger partial charge in [0.25, 0.3) is 0 Å². The standard InChI is InChI=1S/C6H13O.2C4H9.C2H5.Sn/c1-2-3-4-5-6-7;2*1-3-4-2;1-2;/h2-6H2,1H3;2*1,3-4H2,2H3;1H2,2H3;/q-1;;;;+1. The van der Waals surface area contributed by atoms with Crippen molar-refractivity contribution in [1.82, 2.24) is 0 Å². The molecule has 0 heterocycles. The normalized spacial score (nSPS) is 12.0. The van der Waals surface area contributed by atoms with E-state index >= 15 is 0 Å². The van der Waals surface area contributed by atoms with E-state index in [4.69, 9.17) is 3.07 Å². The maximum absolute atomic E-state index is 6.54. The van der Waals surface area contributed by atoms with Crippen molar-refractivity contribution in [3.8, 4) is 0 Å². The molecule has 0 aromatic carbocycles. The summed E-state index contributed by atoms with van der Waals surface area (Å²) in [6.45, 7) is 10.4. The third-order valence-corrected chi connectivity index (χ3v) is 17.3. The van der Waals surface area contributed by atoms with Crippen LogP contribution >= 0.6 is 0 Å². The first-order valence-electron chi connectivity index (χ1n) is 8.38. The third-order valence-electron chi connectivity index (χ3n) is 4.02. The molecule has 0 aliphatic rings. The van der Waals surface area contributed by atoms with Crippen molar-refractivity contribution >= 4 is 18.8 Å². The van der Waals surface area contributed by atoms with E-state index in [0.29, 0.717) is 0 Å². The van der Waals surface area contributed by atoms with Crippen molar-refractivity contribution < 1.29 is 3.07 Å². The SMILES string of the molecule is CCCCCC[O][Sn]([CH2]C)([CH2]CCC)[CH2]CCC. The average Bonchev–Trinajstić information content (AvgIpc) is 2.41. The number of unbranched alkanes of at least 4 members (excludes halogenated alkanes) is 5. The molecule has 0 rings (SSSR count). The monoisotopic (exact) mass is 364 g/mol. The van der Waals surface area contributed by atoms with E-state index < -0.39 is 18.8 Å². The van der Waals surface area contributed by atoms with Gasteiger partial charge in [0, 0.05) is 0 Å². The summed E-state index contributed by atoms with van der Waals surface area (Å²) in [5.74, 6) is 0. The van der Waals surface area contributed by atoms with Crippen LogP contribution in [0.3, 0.4) is 0 Å². The molecular weight excluding hydrogens is 327 g/mol. The predicted molar refractivity (Wildman–Crippen MR) is 85.8 cm³/mol. The molecule has 0 aliphatic heterocycles. The third kappa shape index (κ3) is 8.79. The quantitative estimate of drug-likeness (QED) is 0.282. The molecule has 0 saturated heterocycles. The summed E-state index contributed by atoms with van der Waals surface area (Å²) in [7, 11) is 0. The molecule has 18 heavy (non-hydrogen) atoms. The van der Waals surface area contributed by atoms with Crippen LogP contribution in [0.4, 0.5) is 0 Å². The summed E-state index contributed by atoms with van der Waals surface area (Å²) in [6.07, 6.45) is 10.9. The van der Waals surface area contributed by atoms with E-state index in [-0.39, 0.29) is 0 Å². The summed E-state index contributed by atoms with van der Waals surface area (Å²) in [4.78, 5) is 0. The van der Waals surface area contributed by atoms with E-state index in [1.54, 1.807) is 0 Å². The first-order valence-corrected chi connectivity index (χ1v) is 15.6.